The van der Waals surface area contributed by atoms with Crippen molar-refractivity contribution in [3.63, 3.8) is 0 Å². The van der Waals surface area contributed by atoms with Gasteiger partial charge in [0.1, 0.15) is 12.4 Å². The molecule has 3 rings (SSSR count). The van der Waals surface area contributed by atoms with Crippen LogP contribution in [0.3, 0.4) is 0 Å². The molecule has 2 N–H and O–H groups in total. The molecule has 1 aromatic heterocycles. The third kappa shape index (κ3) is 6.74. The molecule has 0 aliphatic carbocycles. The van der Waals surface area contributed by atoms with Crippen LogP contribution in [0.15, 0.2) is 48.5 Å². The molecule has 0 aliphatic rings. The Morgan fingerprint density at radius 3 is 2.44 bits per heavy atom. The minimum Gasteiger partial charge on any atom is -0.460 e. The van der Waals surface area contributed by atoms with Crippen molar-refractivity contribution in [3.8, 4) is 23.1 Å². The van der Waals surface area contributed by atoms with Gasteiger partial charge in [0.15, 0.2) is 5.82 Å². The van der Waals surface area contributed by atoms with Crippen LogP contribution < -0.4 is 10.1 Å². The molecule has 32 heavy (non-hydrogen) atoms. The van der Waals surface area contributed by atoms with Crippen molar-refractivity contribution in [2.75, 3.05) is 38.8 Å². The number of ether oxygens (including phenoxy) is 3. The van der Waals surface area contributed by atoms with E-state index in [2.05, 4.69) is 15.4 Å². The number of aliphatic hydroxyl groups excluding tert-OH is 1. The Bertz CT molecular complexity index is 961. The molecule has 3 aromatic rings. The van der Waals surface area contributed by atoms with Gasteiger partial charge in [-0.2, -0.15) is 4.98 Å². The maximum atomic E-state index is 13.4. The van der Waals surface area contributed by atoms with Gasteiger partial charge in [0, 0.05) is 24.9 Å². The molecular weight excluding hydrogens is 415 g/mol. The van der Waals surface area contributed by atoms with E-state index in [4.69, 9.17) is 14.2 Å². The summed E-state index contributed by atoms with van der Waals surface area (Å²) in [7, 11) is 1.59. The highest BCUT2D eigenvalue weighted by molar-refractivity contribution is 5.59. The molecule has 0 fully saturated rings. The van der Waals surface area contributed by atoms with Gasteiger partial charge in [0.25, 0.3) is 0 Å². The van der Waals surface area contributed by atoms with Gasteiger partial charge in [-0.05, 0) is 62.4 Å². The average molecular weight is 445 g/mol. The van der Waals surface area contributed by atoms with E-state index in [1.807, 2.05) is 38.1 Å². The summed E-state index contributed by atoms with van der Waals surface area (Å²) < 4.78 is 31.0. The van der Waals surface area contributed by atoms with Gasteiger partial charge in [-0.25, -0.2) is 9.07 Å². The number of benzene rings is 2. The predicted octanol–water partition coefficient (Wildman–Crippen LogP) is 3.30. The van der Waals surface area contributed by atoms with Gasteiger partial charge < -0.3 is 24.6 Å². The van der Waals surface area contributed by atoms with E-state index < -0.39 is 6.10 Å². The summed E-state index contributed by atoms with van der Waals surface area (Å²) in [4.78, 5) is 4.46. The first-order chi connectivity index (χ1) is 15.5. The van der Waals surface area contributed by atoms with Crippen molar-refractivity contribution >= 4 is 5.69 Å². The molecule has 0 radical (unpaired) electrons. The van der Waals surface area contributed by atoms with Crippen LogP contribution in [0.5, 0.6) is 6.01 Å². The van der Waals surface area contributed by atoms with Gasteiger partial charge in [-0.3, -0.25) is 0 Å². The Balaban J connectivity index is 1.75. The summed E-state index contributed by atoms with van der Waals surface area (Å²) >= 11 is 0. The molecule has 2 aromatic carbocycles. The van der Waals surface area contributed by atoms with Crippen LogP contribution in [0.2, 0.25) is 0 Å². The number of hydrogen-bond acceptors (Lipinski definition) is 7. The fourth-order valence-electron chi connectivity index (χ4n) is 2.86. The van der Waals surface area contributed by atoms with Crippen molar-refractivity contribution in [2.45, 2.75) is 26.1 Å². The summed E-state index contributed by atoms with van der Waals surface area (Å²) in [5, 5.41) is 17.6. The number of rotatable bonds is 12. The van der Waals surface area contributed by atoms with Crippen molar-refractivity contribution in [2.24, 2.45) is 0 Å². The van der Waals surface area contributed by atoms with E-state index in [1.54, 1.807) is 23.9 Å². The van der Waals surface area contributed by atoms with E-state index in [9.17, 15) is 9.50 Å². The van der Waals surface area contributed by atoms with Crippen LogP contribution in [0.1, 0.15) is 13.8 Å². The van der Waals surface area contributed by atoms with Gasteiger partial charge in [-0.1, -0.05) is 0 Å². The first-order valence-electron chi connectivity index (χ1n) is 10.4. The van der Waals surface area contributed by atoms with Crippen LogP contribution in [0.25, 0.3) is 17.1 Å². The summed E-state index contributed by atoms with van der Waals surface area (Å²) in [5.74, 6) is 0.201. The summed E-state index contributed by atoms with van der Waals surface area (Å²) in [6.07, 6.45) is -0.533. The van der Waals surface area contributed by atoms with Crippen molar-refractivity contribution in [1.29, 1.82) is 0 Å². The number of aromatic nitrogens is 3. The number of aliphatic hydroxyl groups is 1. The lowest BCUT2D eigenvalue weighted by Crippen LogP contribution is -2.26. The molecule has 1 heterocycles. The van der Waals surface area contributed by atoms with Crippen LogP contribution >= 0.6 is 0 Å². The number of hydrogen-bond donors (Lipinski definition) is 2. The van der Waals surface area contributed by atoms with E-state index in [0.29, 0.717) is 31.1 Å². The zero-order chi connectivity index (χ0) is 22.9. The molecule has 1 atom stereocenters. The van der Waals surface area contributed by atoms with Crippen LogP contribution in [0.4, 0.5) is 10.1 Å². The second kappa shape index (κ2) is 11.6. The standard InChI is InChI=1S/C23H29FN4O4/c1-16(2)32-15-21(29)14-25-19-8-10-20(11-9-19)28-22(17-4-6-18(24)7-5-17)26-23(27-28)31-13-12-30-3/h4-11,16,21,25,29H,12-15H2,1-3H3/t21-/m1/s1. The van der Waals surface area contributed by atoms with E-state index in [1.165, 1.54) is 12.1 Å². The van der Waals surface area contributed by atoms with E-state index >= 15 is 0 Å². The zero-order valence-corrected chi connectivity index (χ0v) is 18.5. The second-order valence-electron chi connectivity index (χ2n) is 7.44. The fraction of sp³-hybridized carbons (Fsp3) is 0.391. The molecule has 0 unspecified atom stereocenters. The number of halogens is 1. The molecule has 0 amide bonds. The molecule has 172 valence electrons. The Hall–Kier alpha value is -3.01. The predicted molar refractivity (Wildman–Crippen MR) is 120 cm³/mol. The summed E-state index contributed by atoms with van der Waals surface area (Å²) in [6, 6.07) is 13.8. The van der Waals surface area contributed by atoms with Gasteiger partial charge >= 0.3 is 6.01 Å². The third-order valence-electron chi connectivity index (χ3n) is 4.48. The second-order valence-corrected chi connectivity index (χ2v) is 7.44. The first kappa shape index (κ1) is 23.6. The van der Waals surface area contributed by atoms with Crippen molar-refractivity contribution < 1.29 is 23.7 Å². The van der Waals surface area contributed by atoms with Gasteiger partial charge in [0.05, 0.1) is 31.1 Å². The van der Waals surface area contributed by atoms with Crippen molar-refractivity contribution in [1.82, 2.24) is 14.8 Å². The van der Waals surface area contributed by atoms with Crippen LogP contribution in [-0.2, 0) is 9.47 Å². The number of nitrogens with one attached hydrogen (secondary N) is 1. The minimum atomic E-state index is -0.607. The Kier molecular flexibility index (Phi) is 8.55. The van der Waals surface area contributed by atoms with E-state index in [-0.39, 0.29) is 24.5 Å². The highest BCUT2D eigenvalue weighted by atomic mass is 19.1. The summed E-state index contributed by atoms with van der Waals surface area (Å²) in [6.45, 7) is 5.22. The smallest absolute Gasteiger partial charge is 0.336 e. The Morgan fingerprint density at radius 2 is 1.78 bits per heavy atom. The zero-order valence-electron chi connectivity index (χ0n) is 18.5. The molecule has 9 heteroatoms. The van der Waals surface area contributed by atoms with Crippen LogP contribution in [0, 0.1) is 5.82 Å². The molecule has 0 spiro atoms. The quantitative estimate of drug-likeness (QED) is 0.414. The molecule has 0 saturated heterocycles. The lowest BCUT2D eigenvalue weighted by atomic mass is 10.2. The van der Waals surface area contributed by atoms with Crippen LogP contribution in [-0.4, -0.2) is 65.6 Å². The monoisotopic (exact) mass is 444 g/mol. The Labute approximate surface area is 187 Å². The minimum absolute atomic E-state index is 0.0743. The lowest BCUT2D eigenvalue weighted by Gasteiger charge is -2.15. The molecule has 8 nitrogen and oxygen atoms in total. The van der Waals surface area contributed by atoms with Crippen molar-refractivity contribution in [3.05, 3.63) is 54.3 Å². The normalized spacial score (nSPS) is 12.2. The van der Waals surface area contributed by atoms with Gasteiger partial charge in [-0.15, -0.1) is 5.10 Å². The Morgan fingerprint density at radius 1 is 1.06 bits per heavy atom. The highest BCUT2D eigenvalue weighted by Crippen LogP contribution is 2.24. The maximum Gasteiger partial charge on any atom is 0.336 e. The third-order valence-corrected chi connectivity index (χ3v) is 4.48. The molecular formula is C23H29FN4O4. The first-order valence-corrected chi connectivity index (χ1v) is 10.4. The SMILES string of the molecule is COCCOc1nc(-c2ccc(F)cc2)n(-c2ccc(NC[C@@H](O)COC(C)C)cc2)n1. The maximum absolute atomic E-state index is 13.4. The highest BCUT2D eigenvalue weighted by Gasteiger charge is 2.15. The van der Waals surface area contributed by atoms with Gasteiger partial charge in [0.2, 0.25) is 0 Å². The summed E-state index contributed by atoms with van der Waals surface area (Å²) in [5.41, 5.74) is 2.31. The molecule has 0 aliphatic heterocycles. The number of anilines is 1. The molecule has 0 saturated carbocycles. The molecule has 0 bridgehead atoms. The number of nitrogens with zero attached hydrogens (tertiary/aromatic N) is 3. The average Bonchev–Trinajstić information content (AvgIpc) is 3.21. The topological polar surface area (TPSA) is 90.7 Å². The fourth-order valence-corrected chi connectivity index (χ4v) is 2.86. The van der Waals surface area contributed by atoms with E-state index in [0.717, 1.165) is 11.4 Å². The number of methoxy groups -OCH3 is 1. The lowest BCUT2D eigenvalue weighted by molar-refractivity contribution is 0.0112. The largest absolute Gasteiger partial charge is 0.460 e.